The van der Waals surface area contributed by atoms with Crippen LogP contribution in [0.15, 0.2) is 48.5 Å². The fourth-order valence-electron chi connectivity index (χ4n) is 3.75. The lowest BCUT2D eigenvalue weighted by Gasteiger charge is -2.23. The minimum atomic E-state index is -3.33. The minimum Gasteiger partial charge on any atom is -0.284 e. The Kier molecular flexibility index (Phi) is 6.36. The molecule has 1 aliphatic rings. The van der Waals surface area contributed by atoms with Crippen molar-refractivity contribution in [3.63, 3.8) is 0 Å². The second-order valence-corrected chi connectivity index (χ2v) is 11.9. The number of hydrogen-bond acceptors (Lipinski definition) is 4. The lowest BCUT2D eigenvalue weighted by molar-refractivity contribution is 0.519. The zero-order valence-electron chi connectivity index (χ0n) is 16.9. The molecule has 0 aromatic heterocycles. The summed E-state index contributed by atoms with van der Waals surface area (Å²) in [4.78, 5) is 0. The molecule has 2 atom stereocenters. The van der Waals surface area contributed by atoms with E-state index in [1.807, 2.05) is 36.4 Å². The molecule has 2 aromatic carbocycles. The van der Waals surface area contributed by atoms with E-state index in [4.69, 9.17) is 0 Å². The number of hydrogen-bond donors (Lipinski definition) is 2. The van der Waals surface area contributed by atoms with E-state index in [1.165, 1.54) is 0 Å². The summed E-state index contributed by atoms with van der Waals surface area (Å²) < 4.78 is 52.8. The topological polar surface area (TPSA) is 92.3 Å². The second-order valence-electron chi connectivity index (χ2n) is 7.93. The van der Waals surface area contributed by atoms with Gasteiger partial charge in [0, 0.05) is 17.6 Å². The lowest BCUT2D eigenvalue weighted by Crippen LogP contribution is -2.40. The Morgan fingerprint density at radius 3 is 2.24 bits per heavy atom. The van der Waals surface area contributed by atoms with Crippen molar-refractivity contribution in [2.75, 3.05) is 11.0 Å². The van der Waals surface area contributed by atoms with E-state index >= 15 is 0 Å². The first-order valence-electron chi connectivity index (χ1n) is 9.74. The van der Waals surface area contributed by atoms with Crippen LogP contribution in [0.4, 0.5) is 5.69 Å². The van der Waals surface area contributed by atoms with Gasteiger partial charge in [-0.25, -0.2) is 21.6 Å². The van der Waals surface area contributed by atoms with Crippen molar-refractivity contribution in [3.8, 4) is 11.1 Å². The molecule has 0 heterocycles. The van der Waals surface area contributed by atoms with Gasteiger partial charge in [-0.15, -0.1) is 0 Å². The lowest BCUT2D eigenvalue weighted by atomic mass is 9.93. The molecule has 8 heteroatoms. The van der Waals surface area contributed by atoms with Crippen molar-refractivity contribution in [2.45, 2.75) is 50.3 Å². The number of rotatable bonds is 7. The summed E-state index contributed by atoms with van der Waals surface area (Å²) in [6.45, 7) is 3.38. The van der Waals surface area contributed by atoms with Gasteiger partial charge in [0.15, 0.2) is 0 Å². The van der Waals surface area contributed by atoms with Crippen LogP contribution in [-0.2, 0) is 20.0 Å². The molecule has 0 radical (unpaired) electrons. The van der Waals surface area contributed by atoms with Gasteiger partial charge in [-0.2, -0.15) is 0 Å². The Hall–Kier alpha value is -1.90. The van der Waals surface area contributed by atoms with E-state index in [1.54, 1.807) is 26.0 Å². The van der Waals surface area contributed by atoms with E-state index in [0.29, 0.717) is 5.69 Å². The van der Waals surface area contributed by atoms with Crippen LogP contribution in [0.1, 0.15) is 44.6 Å². The predicted molar refractivity (Wildman–Crippen MR) is 118 cm³/mol. The molecular formula is C21H28N2O4S2. The number of nitrogens with one attached hydrogen (secondary N) is 2. The standard InChI is InChI=1S/C21H28N2O4S2/c1-15(2)29(26,27)23-21-9-5-8-20(21)17-12-10-16(11-13-17)18-6-4-7-19(14-18)22-28(3,24)25/h4,6-7,10-15,20-23H,5,8-9H2,1-3H3/t20-,21-/m1/s1. The molecule has 0 unspecified atom stereocenters. The van der Waals surface area contributed by atoms with E-state index < -0.39 is 25.3 Å². The summed E-state index contributed by atoms with van der Waals surface area (Å²) in [5.74, 6) is 0.163. The molecule has 0 amide bonds. The van der Waals surface area contributed by atoms with Gasteiger partial charge in [-0.05, 0) is 55.5 Å². The molecule has 2 N–H and O–H groups in total. The summed E-state index contributed by atoms with van der Waals surface area (Å²) in [5, 5.41) is -0.445. The first-order chi connectivity index (χ1) is 13.5. The van der Waals surface area contributed by atoms with Crippen LogP contribution in [0.25, 0.3) is 11.1 Å². The summed E-state index contributed by atoms with van der Waals surface area (Å²) in [5.41, 5.74) is 3.53. The Labute approximate surface area is 173 Å². The summed E-state index contributed by atoms with van der Waals surface area (Å²) >= 11 is 0. The largest absolute Gasteiger partial charge is 0.284 e. The minimum absolute atomic E-state index is 0.0736. The van der Waals surface area contributed by atoms with Gasteiger partial charge in [0.1, 0.15) is 0 Å². The predicted octanol–water partition coefficient (Wildman–Crippen LogP) is 3.69. The van der Waals surface area contributed by atoms with Crippen LogP contribution in [-0.4, -0.2) is 34.4 Å². The first kappa shape index (κ1) is 21.8. The summed E-state index contributed by atoms with van der Waals surface area (Å²) in [7, 11) is -6.63. The van der Waals surface area contributed by atoms with E-state index in [2.05, 4.69) is 9.44 Å². The molecule has 0 saturated heterocycles. The van der Waals surface area contributed by atoms with Crippen molar-refractivity contribution in [3.05, 3.63) is 54.1 Å². The van der Waals surface area contributed by atoms with Gasteiger partial charge in [-0.1, -0.05) is 42.8 Å². The van der Waals surface area contributed by atoms with Crippen LogP contribution >= 0.6 is 0 Å². The molecular weight excluding hydrogens is 408 g/mol. The highest BCUT2D eigenvalue weighted by Crippen LogP contribution is 2.36. The quantitative estimate of drug-likeness (QED) is 0.692. The number of sulfonamides is 2. The van der Waals surface area contributed by atoms with Crippen molar-refractivity contribution < 1.29 is 16.8 Å². The molecule has 29 heavy (non-hydrogen) atoms. The third-order valence-electron chi connectivity index (χ3n) is 5.29. The average molecular weight is 437 g/mol. The van der Waals surface area contributed by atoms with Gasteiger partial charge >= 0.3 is 0 Å². The van der Waals surface area contributed by atoms with Gasteiger partial charge in [0.25, 0.3) is 0 Å². The number of benzene rings is 2. The van der Waals surface area contributed by atoms with E-state index in [9.17, 15) is 16.8 Å². The molecule has 3 rings (SSSR count). The number of anilines is 1. The maximum atomic E-state index is 12.3. The molecule has 1 saturated carbocycles. The van der Waals surface area contributed by atoms with Gasteiger partial charge in [0.05, 0.1) is 11.5 Å². The zero-order valence-corrected chi connectivity index (χ0v) is 18.6. The smallest absolute Gasteiger partial charge is 0.229 e. The Morgan fingerprint density at radius 1 is 0.931 bits per heavy atom. The zero-order chi connectivity index (χ0) is 21.2. The Balaban J connectivity index is 1.79. The molecule has 0 aliphatic heterocycles. The highest BCUT2D eigenvalue weighted by Gasteiger charge is 2.32. The van der Waals surface area contributed by atoms with Gasteiger partial charge < -0.3 is 0 Å². The Morgan fingerprint density at radius 2 is 1.62 bits per heavy atom. The fourth-order valence-corrected chi connectivity index (χ4v) is 5.28. The van der Waals surface area contributed by atoms with Crippen LogP contribution in [0.5, 0.6) is 0 Å². The maximum absolute atomic E-state index is 12.3. The summed E-state index contributed by atoms with van der Waals surface area (Å²) in [6.07, 6.45) is 3.92. The molecule has 158 valence electrons. The second kappa shape index (κ2) is 8.45. The highest BCUT2D eigenvalue weighted by atomic mass is 32.2. The molecule has 6 nitrogen and oxygen atoms in total. The van der Waals surface area contributed by atoms with Crippen molar-refractivity contribution >= 4 is 25.7 Å². The fraction of sp³-hybridized carbons (Fsp3) is 0.429. The maximum Gasteiger partial charge on any atom is 0.229 e. The van der Waals surface area contributed by atoms with Gasteiger partial charge in [-0.3, -0.25) is 4.72 Å². The molecule has 0 bridgehead atoms. The van der Waals surface area contributed by atoms with Crippen molar-refractivity contribution in [1.82, 2.24) is 4.72 Å². The van der Waals surface area contributed by atoms with Crippen molar-refractivity contribution in [1.29, 1.82) is 0 Å². The van der Waals surface area contributed by atoms with Crippen LogP contribution in [0.3, 0.4) is 0 Å². The van der Waals surface area contributed by atoms with E-state index in [-0.39, 0.29) is 12.0 Å². The summed E-state index contributed by atoms with van der Waals surface area (Å²) in [6, 6.07) is 15.3. The highest BCUT2D eigenvalue weighted by molar-refractivity contribution is 7.92. The first-order valence-corrected chi connectivity index (χ1v) is 13.2. The van der Waals surface area contributed by atoms with E-state index in [0.717, 1.165) is 42.2 Å². The van der Waals surface area contributed by atoms with Crippen LogP contribution in [0.2, 0.25) is 0 Å². The normalized spacial score (nSPS) is 20.1. The third-order valence-corrected chi connectivity index (χ3v) is 7.77. The molecule has 1 fully saturated rings. The van der Waals surface area contributed by atoms with Crippen LogP contribution < -0.4 is 9.44 Å². The van der Waals surface area contributed by atoms with Crippen molar-refractivity contribution in [2.24, 2.45) is 0 Å². The molecule has 2 aromatic rings. The SMILES string of the molecule is CC(C)S(=O)(=O)N[C@@H]1CCC[C@@H]1c1ccc(-c2cccc(NS(C)(=O)=O)c2)cc1. The molecule has 0 spiro atoms. The monoisotopic (exact) mass is 436 g/mol. The Bertz CT molecular complexity index is 1060. The van der Waals surface area contributed by atoms with Crippen LogP contribution in [0, 0.1) is 0 Å². The molecule has 1 aliphatic carbocycles. The third kappa shape index (κ3) is 5.58. The average Bonchev–Trinajstić information content (AvgIpc) is 3.08. The van der Waals surface area contributed by atoms with Gasteiger partial charge in [0.2, 0.25) is 20.0 Å².